The van der Waals surface area contributed by atoms with Crippen LogP contribution in [0.3, 0.4) is 0 Å². The molecular weight excluding hydrogens is 246 g/mol. The first-order chi connectivity index (χ1) is 9.63. The van der Waals surface area contributed by atoms with Crippen LogP contribution in [0.1, 0.15) is 25.8 Å². The van der Waals surface area contributed by atoms with E-state index in [4.69, 9.17) is 5.73 Å². The molecule has 3 rings (SSSR count). The van der Waals surface area contributed by atoms with Crippen molar-refractivity contribution >= 4 is 16.6 Å². The van der Waals surface area contributed by atoms with E-state index in [-0.39, 0.29) is 0 Å². The lowest BCUT2D eigenvalue weighted by atomic mass is 9.91. The summed E-state index contributed by atoms with van der Waals surface area (Å²) in [5.74, 6) is 1.57. The predicted octanol–water partition coefficient (Wildman–Crippen LogP) is 3.29. The molecular formula is C17H23N3. The third kappa shape index (κ3) is 2.63. The summed E-state index contributed by atoms with van der Waals surface area (Å²) in [4.78, 5) is 7.09. The van der Waals surface area contributed by atoms with Crippen LogP contribution in [0.25, 0.3) is 10.9 Å². The standard InChI is InChI=1S/C17H23N3/c1-12-8-13(2)10-20(9-12)11-14-5-6-16(18)15-4-3-7-19-17(14)15/h3-7,12-13H,8-11,18H2,1-2H3. The molecule has 0 aliphatic carbocycles. The number of pyridine rings is 1. The van der Waals surface area contributed by atoms with Crippen LogP contribution in [0.4, 0.5) is 5.69 Å². The van der Waals surface area contributed by atoms with E-state index in [1.165, 1.54) is 25.1 Å². The molecule has 0 saturated carbocycles. The van der Waals surface area contributed by atoms with Gasteiger partial charge in [0.1, 0.15) is 0 Å². The monoisotopic (exact) mass is 269 g/mol. The Morgan fingerprint density at radius 2 is 1.95 bits per heavy atom. The summed E-state index contributed by atoms with van der Waals surface area (Å²) in [6.07, 6.45) is 3.20. The van der Waals surface area contributed by atoms with E-state index in [1.54, 1.807) is 0 Å². The van der Waals surface area contributed by atoms with Crippen molar-refractivity contribution in [3.63, 3.8) is 0 Å². The second kappa shape index (κ2) is 5.41. The quantitative estimate of drug-likeness (QED) is 0.851. The number of anilines is 1. The van der Waals surface area contributed by atoms with Crippen molar-refractivity contribution in [2.45, 2.75) is 26.8 Å². The van der Waals surface area contributed by atoms with E-state index in [9.17, 15) is 0 Å². The molecule has 1 aromatic carbocycles. The largest absolute Gasteiger partial charge is 0.398 e. The molecule has 0 bridgehead atoms. The lowest BCUT2D eigenvalue weighted by Crippen LogP contribution is -2.38. The van der Waals surface area contributed by atoms with Gasteiger partial charge in [-0.2, -0.15) is 0 Å². The van der Waals surface area contributed by atoms with Gasteiger partial charge in [-0.25, -0.2) is 0 Å². The summed E-state index contributed by atoms with van der Waals surface area (Å²) in [6, 6.07) is 8.15. The fraction of sp³-hybridized carbons (Fsp3) is 0.471. The van der Waals surface area contributed by atoms with Crippen LogP contribution in [0.15, 0.2) is 30.5 Å². The van der Waals surface area contributed by atoms with Gasteiger partial charge in [0.15, 0.2) is 0 Å². The van der Waals surface area contributed by atoms with Gasteiger partial charge in [0, 0.05) is 36.9 Å². The van der Waals surface area contributed by atoms with Crippen molar-refractivity contribution in [3.05, 3.63) is 36.0 Å². The number of benzene rings is 1. The van der Waals surface area contributed by atoms with Crippen LogP contribution in [0.2, 0.25) is 0 Å². The fourth-order valence-electron chi connectivity index (χ4n) is 3.54. The van der Waals surface area contributed by atoms with Crippen LogP contribution in [-0.2, 0) is 6.54 Å². The Labute approximate surface area is 120 Å². The van der Waals surface area contributed by atoms with Crippen molar-refractivity contribution in [1.82, 2.24) is 9.88 Å². The van der Waals surface area contributed by atoms with Crippen LogP contribution < -0.4 is 5.73 Å². The number of hydrogen-bond donors (Lipinski definition) is 1. The SMILES string of the molecule is CC1CC(C)CN(Cc2ccc(N)c3cccnc23)C1. The van der Waals surface area contributed by atoms with Gasteiger partial charge in [0.05, 0.1) is 5.52 Å². The Balaban J connectivity index is 1.89. The zero-order valence-electron chi connectivity index (χ0n) is 12.3. The molecule has 106 valence electrons. The number of nitrogen functional groups attached to an aromatic ring is 1. The van der Waals surface area contributed by atoms with Gasteiger partial charge >= 0.3 is 0 Å². The van der Waals surface area contributed by atoms with E-state index in [2.05, 4.69) is 35.9 Å². The molecule has 1 aliphatic rings. The van der Waals surface area contributed by atoms with Gasteiger partial charge < -0.3 is 5.73 Å². The molecule has 2 heterocycles. The summed E-state index contributed by atoms with van der Waals surface area (Å²) in [6.45, 7) is 8.04. The third-order valence-electron chi connectivity index (χ3n) is 4.23. The normalized spacial score (nSPS) is 24.1. The van der Waals surface area contributed by atoms with Crippen LogP contribution >= 0.6 is 0 Å². The van der Waals surface area contributed by atoms with Crippen molar-refractivity contribution in [2.75, 3.05) is 18.8 Å². The molecule has 3 nitrogen and oxygen atoms in total. The molecule has 1 aliphatic heterocycles. The minimum absolute atomic E-state index is 0.784. The number of aromatic nitrogens is 1. The minimum atomic E-state index is 0.784. The van der Waals surface area contributed by atoms with Gasteiger partial charge in [0.25, 0.3) is 0 Å². The molecule has 2 N–H and O–H groups in total. The number of piperidine rings is 1. The third-order valence-corrected chi connectivity index (χ3v) is 4.23. The van der Waals surface area contributed by atoms with E-state index in [1.807, 2.05) is 18.3 Å². The topological polar surface area (TPSA) is 42.1 Å². The molecule has 2 aromatic rings. The highest BCUT2D eigenvalue weighted by Crippen LogP contribution is 2.26. The Kier molecular flexibility index (Phi) is 3.62. The summed E-state index contributed by atoms with van der Waals surface area (Å²) in [5.41, 5.74) is 9.21. The summed E-state index contributed by atoms with van der Waals surface area (Å²) in [7, 11) is 0. The first-order valence-electron chi connectivity index (χ1n) is 7.48. The van der Waals surface area contributed by atoms with E-state index in [0.29, 0.717) is 0 Å². The van der Waals surface area contributed by atoms with Crippen molar-refractivity contribution in [1.29, 1.82) is 0 Å². The Morgan fingerprint density at radius 3 is 2.70 bits per heavy atom. The Bertz CT molecular complexity index is 598. The Morgan fingerprint density at radius 1 is 1.20 bits per heavy atom. The second-order valence-electron chi connectivity index (χ2n) is 6.35. The molecule has 1 aromatic heterocycles. The number of likely N-dealkylation sites (tertiary alicyclic amines) is 1. The molecule has 2 unspecified atom stereocenters. The van der Waals surface area contributed by atoms with E-state index in [0.717, 1.165) is 35.0 Å². The van der Waals surface area contributed by atoms with Gasteiger partial charge in [0.2, 0.25) is 0 Å². The molecule has 1 fully saturated rings. The summed E-state index contributed by atoms with van der Waals surface area (Å²) in [5, 5.41) is 1.07. The molecule has 2 atom stereocenters. The lowest BCUT2D eigenvalue weighted by Gasteiger charge is -2.35. The highest BCUT2D eigenvalue weighted by molar-refractivity contribution is 5.92. The average Bonchev–Trinajstić information content (AvgIpc) is 2.41. The number of fused-ring (bicyclic) bond motifs is 1. The maximum atomic E-state index is 6.05. The Hall–Kier alpha value is -1.61. The number of hydrogen-bond acceptors (Lipinski definition) is 3. The zero-order valence-corrected chi connectivity index (χ0v) is 12.3. The highest BCUT2D eigenvalue weighted by Gasteiger charge is 2.22. The van der Waals surface area contributed by atoms with E-state index >= 15 is 0 Å². The fourth-order valence-corrected chi connectivity index (χ4v) is 3.54. The number of rotatable bonds is 2. The maximum absolute atomic E-state index is 6.05. The van der Waals surface area contributed by atoms with Gasteiger partial charge in [-0.1, -0.05) is 19.9 Å². The summed E-state index contributed by atoms with van der Waals surface area (Å²) >= 11 is 0. The smallest absolute Gasteiger partial charge is 0.0767 e. The first kappa shape index (κ1) is 13.4. The number of nitrogens with zero attached hydrogens (tertiary/aromatic N) is 2. The molecule has 20 heavy (non-hydrogen) atoms. The summed E-state index contributed by atoms with van der Waals surface area (Å²) < 4.78 is 0. The van der Waals surface area contributed by atoms with Crippen molar-refractivity contribution in [3.8, 4) is 0 Å². The molecule has 0 radical (unpaired) electrons. The van der Waals surface area contributed by atoms with Crippen molar-refractivity contribution in [2.24, 2.45) is 11.8 Å². The van der Waals surface area contributed by atoms with Gasteiger partial charge in [-0.3, -0.25) is 9.88 Å². The van der Waals surface area contributed by atoms with Crippen LogP contribution in [0, 0.1) is 11.8 Å². The minimum Gasteiger partial charge on any atom is -0.398 e. The predicted molar refractivity (Wildman–Crippen MR) is 84.4 cm³/mol. The average molecular weight is 269 g/mol. The van der Waals surface area contributed by atoms with Crippen molar-refractivity contribution < 1.29 is 0 Å². The van der Waals surface area contributed by atoms with Crippen LogP contribution in [0.5, 0.6) is 0 Å². The molecule has 0 amide bonds. The molecule has 0 spiro atoms. The molecule has 1 saturated heterocycles. The zero-order chi connectivity index (χ0) is 14.1. The van der Waals surface area contributed by atoms with Gasteiger partial charge in [-0.05, 0) is 42.0 Å². The lowest BCUT2D eigenvalue weighted by molar-refractivity contribution is 0.134. The first-order valence-corrected chi connectivity index (χ1v) is 7.48. The second-order valence-corrected chi connectivity index (χ2v) is 6.35. The number of nitrogens with two attached hydrogens (primary N) is 1. The van der Waals surface area contributed by atoms with Crippen LogP contribution in [-0.4, -0.2) is 23.0 Å². The molecule has 3 heteroatoms. The maximum Gasteiger partial charge on any atom is 0.0767 e. The van der Waals surface area contributed by atoms with E-state index < -0.39 is 0 Å². The highest BCUT2D eigenvalue weighted by atomic mass is 15.1. The van der Waals surface area contributed by atoms with Gasteiger partial charge in [-0.15, -0.1) is 0 Å².